The van der Waals surface area contributed by atoms with Crippen molar-refractivity contribution in [3.8, 4) is 0 Å². The number of sulfonamides is 1. The molecule has 0 aromatic heterocycles. The van der Waals surface area contributed by atoms with Crippen LogP contribution in [0.1, 0.15) is 32.8 Å². The lowest BCUT2D eigenvalue weighted by Gasteiger charge is -2.40. The van der Waals surface area contributed by atoms with Crippen molar-refractivity contribution in [2.24, 2.45) is 11.8 Å². The number of anilines is 1. The second kappa shape index (κ2) is 5.78. The van der Waals surface area contributed by atoms with Crippen molar-refractivity contribution in [2.45, 2.75) is 45.1 Å². The van der Waals surface area contributed by atoms with Gasteiger partial charge in [-0.15, -0.1) is 0 Å². The van der Waals surface area contributed by atoms with Gasteiger partial charge in [0.15, 0.2) is 0 Å². The molecule has 3 atom stereocenters. The molecule has 1 aromatic carbocycles. The third-order valence-electron chi connectivity index (χ3n) is 4.45. The quantitative estimate of drug-likeness (QED) is 0.846. The first-order valence-electron chi connectivity index (χ1n) is 7.22. The molecular weight excluding hydrogens is 308 g/mol. The largest absolute Gasteiger partial charge is 0.398 e. The Morgan fingerprint density at radius 3 is 2.52 bits per heavy atom. The molecule has 4 nitrogen and oxygen atoms in total. The number of aryl methyl sites for hydroxylation is 1. The fraction of sp³-hybridized carbons (Fsp3) is 0.600. The van der Waals surface area contributed by atoms with Gasteiger partial charge >= 0.3 is 0 Å². The molecule has 21 heavy (non-hydrogen) atoms. The van der Waals surface area contributed by atoms with Crippen LogP contribution in [-0.4, -0.2) is 25.3 Å². The number of hydrogen-bond donors (Lipinski definition) is 1. The molecule has 1 aliphatic rings. The van der Waals surface area contributed by atoms with E-state index in [2.05, 4.69) is 13.8 Å². The summed E-state index contributed by atoms with van der Waals surface area (Å²) < 4.78 is 27.5. The molecule has 2 rings (SSSR count). The summed E-state index contributed by atoms with van der Waals surface area (Å²) in [5.74, 6) is 0.664. The van der Waals surface area contributed by atoms with Crippen LogP contribution in [-0.2, 0) is 10.0 Å². The van der Waals surface area contributed by atoms with Crippen LogP contribution in [0.5, 0.6) is 0 Å². The molecular formula is C15H23ClN2O2S. The van der Waals surface area contributed by atoms with Crippen molar-refractivity contribution >= 4 is 27.3 Å². The molecule has 0 aliphatic carbocycles. The van der Waals surface area contributed by atoms with Gasteiger partial charge in [-0.2, -0.15) is 4.31 Å². The van der Waals surface area contributed by atoms with Gasteiger partial charge in [0.25, 0.3) is 0 Å². The van der Waals surface area contributed by atoms with E-state index in [9.17, 15) is 8.42 Å². The summed E-state index contributed by atoms with van der Waals surface area (Å²) in [7, 11) is -3.63. The van der Waals surface area contributed by atoms with Crippen LogP contribution in [0.15, 0.2) is 17.0 Å². The Balaban J connectivity index is 2.49. The zero-order valence-electron chi connectivity index (χ0n) is 12.9. The highest BCUT2D eigenvalue weighted by atomic mass is 35.5. The summed E-state index contributed by atoms with van der Waals surface area (Å²) in [5, 5.41) is 0.236. The number of piperidine rings is 1. The molecule has 1 saturated heterocycles. The van der Waals surface area contributed by atoms with Crippen molar-refractivity contribution in [1.82, 2.24) is 4.31 Å². The maximum absolute atomic E-state index is 13.0. The van der Waals surface area contributed by atoms with Gasteiger partial charge in [-0.1, -0.05) is 25.4 Å². The number of halogens is 1. The van der Waals surface area contributed by atoms with Gasteiger partial charge < -0.3 is 5.73 Å². The third-order valence-corrected chi connectivity index (χ3v) is 6.87. The summed E-state index contributed by atoms with van der Waals surface area (Å²) in [5.41, 5.74) is 7.10. The van der Waals surface area contributed by atoms with E-state index in [1.54, 1.807) is 10.4 Å². The van der Waals surface area contributed by atoms with Crippen LogP contribution >= 0.6 is 11.6 Å². The first-order chi connectivity index (χ1) is 9.64. The fourth-order valence-electron chi connectivity index (χ4n) is 2.97. The van der Waals surface area contributed by atoms with E-state index in [0.717, 1.165) is 12.0 Å². The van der Waals surface area contributed by atoms with Crippen LogP contribution < -0.4 is 5.73 Å². The van der Waals surface area contributed by atoms with Gasteiger partial charge in [-0.3, -0.25) is 0 Å². The lowest BCUT2D eigenvalue weighted by molar-refractivity contribution is 0.157. The lowest BCUT2D eigenvalue weighted by atomic mass is 9.88. The van der Waals surface area contributed by atoms with E-state index < -0.39 is 10.0 Å². The van der Waals surface area contributed by atoms with E-state index in [1.165, 1.54) is 6.07 Å². The molecule has 1 fully saturated rings. The molecule has 0 spiro atoms. The zero-order chi connectivity index (χ0) is 15.9. The Hall–Kier alpha value is -0.780. The molecule has 2 N–H and O–H groups in total. The normalized spacial score (nSPS) is 27.8. The maximum Gasteiger partial charge on any atom is 0.244 e. The van der Waals surface area contributed by atoms with Crippen molar-refractivity contribution in [2.75, 3.05) is 12.3 Å². The lowest BCUT2D eigenvalue weighted by Crippen LogP contribution is -2.48. The number of nitrogen functional groups attached to an aromatic ring is 1. The number of nitrogens with zero attached hydrogens (tertiary/aromatic N) is 1. The summed E-state index contributed by atoms with van der Waals surface area (Å²) in [6.07, 6.45) is 1.04. The molecule has 118 valence electrons. The molecule has 0 radical (unpaired) electrons. The summed E-state index contributed by atoms with van der Waals surface area (Å²) in [6, 6.07) is 3.05. The smallest absolute Gasteiger partial charge is 0.244 e. The van der Waals surface area contributed by atoms with Gasteiger partial charge in [0.2, 0.25) is 10.0 Å². The Kier molecular flexibility index (Phi) is 4.57. The van der Waals surface area contributed by atoms with Crippen LogP contribution in [0.4, 0.5) is 5.69 Å². The highest BCUT2D eigenvalue weighted by Crippen LogP contribution is 2.35. The maximum atomic E-state index is 13.0. The Labute approximate surface area is 132 Å². The van der Waals surface area contributed by atoms with Crippen molar-refractivity contribution < 1.29 is 8.42 Å². The molecule has 1 heterocycles. The first kappa shape index (κ1) is 16.6. The molecule has 1 aliphatic heterocycles. The highest BCUT2D eigenvalue weighted by Gasteiger charge is 2.38. The molecule has 6 heteroatoms. The Bertz CT molecular complexity index is 645. The average molecular weight is 331 g/mol. The third kappa shape index (κ3) is 3.05. The number of benzene rings is 1. The second-order valence-electron chi connectivity index (χ2n) is 6.27. The monoisotopic (exact) mass is 330 g/mol. The number of nitrogens with two attached hydrogens (primary N) is 1. The van der Waals surface area contributed by atoms with Gasteiger partial charge in [0.05, 0.1) is 5.02 Å². The van der Waals surface area contributed by atoms with E-state index >= 15 is 0 Å². The molecule has 1 aromatic rings. The van der Waals surface area contributed by atoms with Crippen molar-refractivity contribution in [3.63, 3.8) is 0 Å². The standard InChI is InChI=1S/C15H23ClN2O2S/c1-9-5-10(2)12(4)18(8-9)21(19,20)15-7-14(17)11(3)6-13(15)16/h6-7,9-10,12H,5,8,17H2,1-4H3. The van der Waals surface area contributed by atoms with E-state index in [1.807, 2.05) is 13.8 Å². The summed E-state index contributed by atoms with van der Waals surface area (Å²) in [4.78, 5) is 0.111. The second-order valence-corrected chi connectivity index (χ2v) is 8.54. The van der Waals surface area contributed by atoms with E-state index in [4.69, 9.17) is 17.3 Å². The number of rotatable bonds is 2. The Morgan fingerprint density at radius 1 is 1.29 bits per heavy atom. The Morgan fingerprint density at radius 2 is 1.90 bits per heavy atom. The fourth-order valence-corrected chi connectivity index (χ4v) is 5.41. The first-order valence-corrected chi connectivity index (χ1v) is 9.03. The van der Waals surface area contributed by atoms with Gasteiger partial charge in [-0.25, -0.2) is 8.42 Å². The summed E-state index contributed by atoms with van der Waals surface area (Å²) in [6.45, 7) is 8.47. The minimum Gasteiger partial charge on any atom is -0.398 e. The topological polar surface area (TPSA) is 63.4 Å². The minimum absolute atomic E-state index is 0.0372. The summed E-state index contributed by atoms with van der Waals surface area (Å²) >= 11 is 6.16. The molecule has 3 unspecified atom stereocenters. The minimum atomic E-state index is -3.63. The SMILES string of the molecule is Cc1cc(Cl)c(S(=O)(=O)N2CC(C)CC(C)C2C)cc1N. The van der Waals surface area contributed by atoms with Crippen LogP contribution in [0, 0.1) is 18.8 Å². The van der Waals surface area contributed by atoms with Crippen LogP contribution in [0.25, 0.3) is 0 Å². The van der Waals surface area contributed by atoms with Crippen LogP contribution in [0.2, 0.25) is 5.02 Å². The number of hydrogen-bond acceptors (Lipinski definition) is 3. The van der Waals surface area contributed by atoms with Crippen molar-refractivity contribution in [3.05, 3.63) is 22.7 Å². The molecule has 0 saturated carbocycles. The zero-order valence-corrected chi connectivity index (χ0v) is 14.5. The van der Waals surface area contributed by atoms with Crippen LogP contribution in [0.3, 0.4) is 0 Å². The van der Waals surface area contributed by atoms with Crippen molar-refractivity contribution in [1.29, 1.82) is 0 Å². The average Bonchev–Trinajstić information content (AvgIpc) is 2.37. The van der Waals surface area contributed by atoms with E-state index in [0.29, 0.717) is 24.1 Å². The molecule has 0 amide bonds. The van der Waals surface area contributed by atoms with Gasteiger partial charge in [0.1, 0.15) is 4.90 Å². The molecule has 0 bridgehead atoms. The predicted octanol–water partition coefficient (Wildman–Crippen LogP) is 3.29. The highest BCUT2D eigenvalue weighted by molar-refractivity contribution is 7.89. The van der Waals surface area contributed by atoms with E-state index in [-0.39, 0.29) is 16.0 Å². The predicted molar refractivity (Wildman–Crippen MR) is 86.9 cm³/mol. The van der Waals surface area contributed by atoms with Gasteiger partial charge in [-0.05, 0) is 49.8 Å². The van der Waals surface area contributed by atoms with Gasteiger partial charge in [0, 0.05) is 18.3 Å².